The lowest BCUT2D eigenvalue weighted by Crippen LogP contribution is -2.34. The maximum Gasteiger partial charge on any atom is 0.277 e. The first kappa shape index (κ1) is 17.6. The Labute approximate surface area is 160 Å². The molecule has 0 bridgehead atoms. The number of carbonyl (C=O) groups is 1. The molecule has 0 aliphatic carbocycles. The number of hydrogen-bond acceptors (Lipinski definition) is 7. The van der Waals surface area contributed by atoms with Crippen LogP contribution in [-0.4, -0.2) is 27.4 Å². The van der Waals surface area contributed by atoms with Gasteiger partial charge < -0.3 is 16.8 Å². The van der Waals surface area contributed by atoms with E-state index in [1.807, 2.05) is 18.2 Å². The van der Waals surface area contributed by atoms with Crippen LogP contribution in [-0.2, 0) is 6.42 Å². The molecule has 3 aromatic rings. The van der Waals surface area contributed by atoms with E-state index in [1.54, 1.807) is 6.20 Å². The van der Waals surface area contributed by atoms with Crippen LogP contribution in [0.2, 0.25) is 0 Å². The van der Waals surface area contributed by atoms with Gasteiger partial charge in [0.15, 0.2) is 5.01 Å². The Bertz CT molecular complexity index is 1000. The van der Waals surface area contributed by atoms with Crippen molar-refractivity contribution in [3.63, 3.8) is 0 Å². The second-order valence-electron chi connectivity index (χ2n) is 6.55. The highest BCUT2D eigenvalue weighted by Gasteiger charge is 2.35. The standard InChI is InChI=1S/C19H20N6OS/c1-10-4-2-3-5-11(10)14(12-6-9-23-19(21)25-12)15-16-13(7-8-22-15)24-18(27-16)17(20)26/h2-6,9,14-15,22H,7-8H2,1H3,(H2,20,26)(H2,21,23,25). The zero-order chi connectivity index (χ0) is 19.0. The van der Waals surface area contributed by atoms with E-state index >= 15 is 0 Å². The largest absolute Gasteiger partial charge is 0.368 e. The summed E-state index contributed by atoms with van der Waals surface area (Å²) in [6.07, 6.45) is 2.44. The lowest BCUT2D eigenvalue weighted by Gasteiger charge is -2.31. The van der Waals surface area contributed by atoms with Gasteiger partial charge in [0.1, 0.15) is 0 Å². The van der Waals surface area contributed by atoms with E-state index in [0.29, 0.717) is 5.01 Å². The predicted molar refractivity (Wildman–Crippen MR) is 105 cm³/mol. The molecule has 2 atom stereocenters. The maximum absolute atomic E-state index is 11.6. The molecule has 4 rings (SSSR count). The molecule has 7 nitrogen and oxygen atoms in total. The van der Waals surface area contributed by atoms with Gasteiger partial charge in [-0.3, -0.25) is 4.79 Å². The first-order valence-corrected chi connectivity index (χ1v) is 9.53. The molecule has 1 amide bonds. The normalized spacial score (nSPS) is 17.3. The fourth-order valence-electron chi connectivity index (χ4n) is 3.61. The summed E-state index contributed by atoms with van der Waals surface area (Å²) in [6.45, 7) is 2.85. The summed E-state index contributed by atoms with van der Waals surface area (Å²) in [5.74, 6) is -0.340. The zero-order valence-electron chi connectivity index (χ0n) is 14.8. The summed E-state index contributed by atoms with van der Waals surface area (Å²) in [5, 5.41) is 3.94. The summed E-state index contributed by atoms with van der Waals surface area (Å²) in [5.41, 5.74) is 15.4. The van der Waals surface area contributed by atoms with E-state index in [4.69, 9.17) is 11.5 Å². The minimum Gasteiger partial charge on any atom is -0.368 e. The lowest BCUT2D eigenvalue weighted by atomic mass is 9.83. The second kappa shape index (κ2) is 7.05. The van der Waals surface area contributed by atoms with Gasteiger partial charge in [-0.05, 0) is 24.1 Å². The summed E-state index contributed by atoms with van der Waals surface area (Å²) in [7, 11) is 0. The molecule has 1 aliphatic heterocycles. The molecule has 138 valence electrons. The molecule has 1 aromatic carbocycles. The van der Waals surface area contributed by atoms with Gasteiger partial charge in [0.25, 0.3) is 5.91 Å². The molecule has 5 N–H and O–H groups in total. The topological polar surface area (TPSA) is 120 Å². The van der Waals surface area contributed by atoms with Crippen LogP contribution in [0.25, 0.3) is 0 Å². The van der Waals surface area contributed by atoms with E-state index in [2.05, 4.69) is 39.3 Å². The molecule has 2 aromatic heterocycles. The smallest absolute Gasteiger partial charge is 0.277 e. The van der Waals surface area contributed by atoms with E-state index in [9.17, 15) is 4.79 Å². The Morgan fingerprint density at radius 2 is 2.11 bits per heavy atom. The second-order valence-corrected chi connectivity index (χ2v) is 7.58. The Kier molecular flexibility index (Phi) is 4.59. The Balaban J connectivity index is 1.88. The predicted octanol–water partition coefficient (Wildman–Crippen LogP) is 1.94. The number of nitrogens with zero attached hydrogens (tertiary/aromatic N) is 3. The molecule has 0 saturated carbocycles. The van der Waals surface area contributed by atoms with Gasteiger partial charge >= 0.3 is 0 Å². The van der Waals surface area contributed by atoms with Crippen molar-refractivity contribution in [2.75, 3.05) is 12.3 Å². The van der Waals surface area contributed by atoms with Crippen molar-refractivity contribution < 1.29 is 4.79 Å². The number of thiazole rings is 1. The number of primary amides is 1. The van der Waals surface area contributed by atoms with Crippen molar-refractivity contribution in [3.8, 4) is 0 Å². The highest BCUT2D eigenvalue weighted by atomic mass is 32.1. The number of amides is 1. The fourth-order valence-corrected chi connectivity index (χ4v) is 4.68. The number of hydrogen-bond donors (Lipinski definition) is 3. The first-order valence-electron chi connectivity index (χ1n) is 8.71. The lowest BCUT2D eigenvalue weighted by molar-refractivity contribution is 0.0999. The van der Waals surface area contributed by atoms with E-state index < -0.39 is 5.91 Å². The Morgan fingerprint density at radius 1 is 1.30 bits per heavy atom. The average Bonchev–Trinajstić information content (AvgIpc) is 3.09. The van der Waals surface area contributed by atoms with Crippen LogP contribution < -0.4 is 16.8 Å². The number of nitrogen functional groups attached to an aromatic ring is 1. The number of aryl methyl sites for hydroxylation is 1. The van der Waals surface area contributed by atoms with Crippen LogP contribution in [0, 0.1) is 6.92 Å². The number of fused-ring (bicyclic) bond motifs is 1. The van der Waals surface area contributed by atoms with E-state index in [1.165, 1.54) is 11.3 Å². The van der Waals surface area contributed by atoms with Gasteiger partial charge in [-0.1, -0.05) is 24.3 Å². The van der Waals surface area contributed by atoms with E-state index in [0.717, 1.165) is 40.4 Å². The maximum atomic E-state index is 11.6. The minimum absolute atomic E-state index is 0.0743. The van der Waals surface area contributed by atoms with Gasteiger partial charge in [-0.2, -0.15) is 0 Å². The van der Waals surface area contributed by atoms with Crippen molar-refractivity contribution >= 4 is 23.2 Å². The summed E-state index contributed by atoms with van der Waals surface area (Å²) >= 11 is 1.36. The van der Waals surface area contributed by atoms with Crippen LogP contribution in [0.15, 0.2) is 36.5 Å². The van der Waals surface area contributed by atoms with Gasteiger partial charge in [-0.25, -0.2) is 15.0 Å². The quantitative estimate of drug-likeness (QED) is 0.636. The van der Waals surface area contributed by atoms with Crippen molar-refractivity contribution in [2.45, 2.75) is 25.3 Å². The summed E-state index contributed by atoms with van der Waals surface area (Å²) in [6, 6.07) is 10.0. The molecule has 8 heteroatoms. The molecule has 27 heavy (non-hydrogen) atoms. The molecule has 0 spiro atoms. The molecule has 0 fully saturated rings. The van der Waals surface area contributed by atoms with Gasteiger partial charge in [-0.15, -0.1) is 11.3 Å². The van der Waals surface area contributed by atoms with E-state index in [-0.39, 0.29) is 17.9 Å². The molecule has 3 heterocycles. The van der Waals surface area contributed by atoms with Crippen LogP contribution >= 0.6 is 11.3 Å². The SMILES string of the molecule is Cc1ccccc1C(c1ccnc(N)n1)C1NCCc2nc(C(N)=O)sc21. The molecule has 2 unspecified atom stereocenters. The Morgan fingerprint density at radius 3 is 2.85 bits per heavy atom. The Hall–Kier alpha value is -2.84. The summed E-state index contributed by atoms with van der Waals surface area (Å²) < 4.78 is 0. The third-order valence-electron chi connectivity index (χ3n) is 4.82. The summed E-state index contributed by atoms with van der Waals surface area (Å²) in [4.78, 5) is 25.7. The number of rotatable bonds is 4. The van der Waals surface area contributed by atoms with Gasteiger partial charge in [0.05, 0.1) is 17.4 Å². The molecular formula is C19H20N6OS. The van der Waals surface area contributed by atoms with Crippen LogP contribution in [0.3, 0.4) is 0 Å². The number of nitrogens with one attached hydrogen (secondary N) is 1. The molecule has 1 aliphatic rings. The van der Waals surface area contributed by atoms with Crippen molar-refractivity contribution in [3.05, 3.63) is 68.9 Å². The molecular weight excluding hydrogens is 360 g/mol. The van der Waals surface area contributed by atoms with Crippen LogP contribution in [0.4, 0.5) is 5.95 Å². The van der Waals surface area contributed by atoms with Crippen LogP contribution in [0.5, 0.6) is 0 Å². The highest BCUT2D eigenvalue weighted by Crippen LogP contribution is 2.42. The third kappa shape index (κ3) is 3.29. The number of aromatic nitrogens is 3. The monoisotopic (exact) mass is 380 g/mol. The number of benzene rings is 1. The van der Waals surface area contributed by atoms with Crippen molar-refractivity contribution in [1.29, 1.82) is 0 Å². The molecule has 0 radical (unpaired) electrons. The number of anilines is 1. The average molecular weight is 380 g/mol. The molecule has 0 saturated heterocycles. The number of nitrogens with two attached hydrogens (primary N) is 2. The minimum atomic E-state index is -0.494. The number of carbonyl (C=O) groups excluding carboxylic acids is 1. The van der Waals surface area contributed by atoms with Gasteiger partial charge in [0.2, 0.25) is 5.95 Å². The third-order valence-corrected chi connectivity index (χ3v) is 6.01. The van der Waals surface area contributed by atoms with Crippen molar-refractivity contribution in [1.82, 2.24) is 20.3 Å². The van der Waals surface area contributed by atoms with Crippen molar-refractivity contribution in [2.24, 2.45) is 5.73 Å². The van der Waals surface area contributed by atoms with Gasteiger partial charge in [0, 0.05) is 30.0 Å². The zero-order valence-corrected chi connectivity index (χ0v) is 15.7. The van der Waals surface area contributed by atoms with Crippen LogP contribution in [0.1, 0.15) is 49.2 Å². The highest BCUT2D eigenvalue weighted by molar-refractivity contribution is 7.13. The fraction of sp³-hybridized carbons (Fsp3) is 0.263. The first-order chi connectivity index (χ1) is 13.0.